The van der Waals surface area contributed by atoms with Gasteiger partial charge in [0.05, 0.1) is 5.56 Å². The van der Waals surface area contributed by atoms with Crippen molar-refractivity contribution in [3.8, 4) is 0 Å². The lowest BCUT2D eigenvalue weighted by atomic mass is 9.95. The molecule has 0 fully saturated rings. The van der Waals surface area contributed by atoms with Crippen LogP contribution in [0.4, 0.5) is 13.2 Å². The Kier molecular flexibility index (Phi) is 3.47. The molecule has 0 heterocycles. The SMILES string of the molecule is CC(O)(Cc1cccc(C(F)(F)F)c1)C(=O)O. The largest absolute Gasteiger partial charge is 0.479 e. The van der Waals surface area contributed by atoms with Crippen LogP contribution < -0.4 is 0 Å². The van der Waals surface area contributed by atoms with Gasteiger partial charge in [-0.1, -0.05) is 18.2 Å². The Bertz CT molecular complexity index is 424. The molecule has 0 aromatic heterocycles. The van der Waals surface area contributed by atoms with Crippen LogP contribution in [0.2, 0.25) is 0 Å². The van der Waals surface area contributed by atoms with Crippen LogP contribution in [0, 0.1) is 0 Å². The molecule has 0 saturated heterocycles. The van der Waals surface area contributed by atoms with Gasteiger partial charge in [0, 0.05) is 6.42 Å². The van der Waals surface area contributed by atoms with Crippen molar-refractivity contribution in [2.24, 2.45) is 0 Å². The van der Waals surface area contributed by atoms with Gasteiger partial charge >= 0.3 is 12.1 Å². The topological polar surface area (TPSA) is 57.5 Å². The summed E-state index contributed by atoms with van der Waals surface area (Å²) in [5, 5.41) is 18.1. The quantitative estimate of drug-likeness (QED) is 0.861. The van der Waals surface area contributed by atoms with Gasteiger partial charge in [-0.15, -0.1) is 0 Å². The third kappa shape index (κ3) is 3.45. The van der Waals surface area contributed by atoms with Gasteiger partial charge in [0.1, 0.15) is 0 Å². The van der Waals surface area contributed by atoms with E-state index in [9.17, 15) is 23.1 Å². The molecule has 6 heteroatoms. The third-order valence-corrected chi connectivity index (χ3v) is 2.26. The van der Waals surface area contributed by atoms with Crippen molar-refractivity contribution in [3.05, 3.63) is 35.4 Å². The molecule has 1 unspecified atom stereocenters. The second-order valence-electron chi connectivity index (χ2n) is 3.95. The van der Waals surface area contributed by atoms with Gasteiger partial charge in [0.15, 0.2) is 5.60 Å². The van der Waals surface area contributed by atoms with E-state index in [0.29, 0.717) is 0 Å². The molecule has 0 radical (unpaired) electrons. The number of carboxylic acids is 1. The molecular weight excluding hydrogens is 237 g/mol. The average molecular weight is 248 g/mol. The minimum Gasteiger partial charge on any atom is -0.479 e. The Labute approximate surface area is 95.5 Å². The van der Waals surface area contributed by atoms with Gasteiger partial charge in [-0.05, 0) is 18.6 Å². The van der Waals surface area contributed by atoms with Crippen LogP contribution in [0.3, 0.4) is 0 Å². The van der Waals surface area contributed by atoms with Gasteiger partial charge < -0.3 is 10.2 Å². The molecule has 17 heavy (non-hydrogen) atoms. The number of alkyl halides is 3. The van der Waals surface area contributed by atoms with Crippen LogP contribution in [0.15, 0.2) is 24.3 Å². The van der Waals surface area contributed by atoms with Crippen LogP contribution in [-0.2, 0) is 17.4 Å². The Hall–Kier alpha value is -1.56. The molecule has 0 spiro atoms. The van der Waals surface area contributed by atoms with E-state index in [2.05, 4.69) is 0 Å². The smallest absolute Gasteiger partial charge is 0.416 e. The first-order valence-corrected chi connectivity index (χ1v) is 4.75. The molecule has 0 aliphatic rings. The number of carboxylic acid groups (broad SMARTS) is 1. The standard InChI is InChI=1S/C11H11F3O3/c1-10(17,9(15)16)6-7-3-2-4-8(5-7)11(12,13)14/h2-5,17H,6H2,1H3,(H,15,16). The van der Waals surface area contributed by atoms with Gasteiger partial charge in [-0.3, -0.25) is 0 Å². The van der Waals surface area contributed by atoms with Crippen LogP contribution in [-0.4, -0.2) is 21.8 Å². The summed E-state index contributed by atoms with van der Waals surface area (Å²) >= 11 is 0. The fraction of sp³-hybridized carbons (Fsp3) is 0.364. The van der Waals surface area contributed by atoms with E-state index in [1.807, 2.05) is 0 Å². The molecule has 0 bridgehead atoms. The summed E-state index contributed by atoms with van der Waals surface area (Å²) < 4.78 is 37.1. The Morgan fingerprint density at radius 2 is 1.94 bits per heavy atom. The summed E-state index contributed by atoms with van der Waals surface area (Å²) in [6.07, 6.45) is -4.86. The van der Waals surface area contributed by atoms with Crippen LogP contribution in [0.5, 0.6) is 0 Å². The summed E-state index contributed by atoms with van der Waals surface area (Å²) in [6.45, 7) is 1.04. The second kappa shape index (κ2) is 4.37. The van der Waals surface area contributed by atoms with Crippen LogP contribution >= 0.6 is 0 Å². The van der Waals surface area contributed by atoms with Gasteiger partial charge in [-0.2, -0.15) is 13.2 Å². The molecule has 1 aromatic rings. The maximum absolute atomic E-state index is 12.4. The molecule has 94 valence electrons. The van der Waals surface area contributed by atoms with Crippen LogP contribution in [0.25, 0.3) is 0 Å². The van der Waals surface area contributed by atoms with E-state index in [1.165, 1.54) is 12.1 Å². The first-order valence-electron chi connectivity index (χ1n) is 4.75. The van der Waals surface area contributed by atoms with Crippen molar-refractivity contribution in [1.82, 2.24) is 0 Å². The normalized spacial score (nSPS) is 15.4. The maximum atomic E-state index is 12.4. The Morgan fingerprint density at radius 1 is 1.35 bits per heavy atom. The van der Waals surface area contributed by atoms with Crippen molar-refractivity contribution in [3.63, 3.8) is 0 Å². The number of carbonyl (C=O) groups is 1. The maximum Gasteiger partial charge on any atom is 0.416 e. The molecule has 0 amide bonds. The highest BCUT2D eigenvalue weighted by molar-refractivity contribution is 5.76. The predicted octanol–water partition coefficient (Wildman–Crippen LogP) is 2.08. The van der Waals surface area contributed by atoms with Crippen molar-refractivity contribution in [2.45, 2.75) is 25.1 Å². The van der Waals surface area contributed by atoms with E-state index in [1.54, 1.807) is 0 Å². The number of hydrogen-bond acceptors (Lipinski definition) is 2. The highest BCUT2D eigenvalue weighted by Crippen LogP contribution is 2.30. The molecule has 0 saturated carbocycles. The molecule has 1 aromatic carbocycles. The highest BCUT2D eigenvalue weighted by Gasteiger charge is 2.33. The van der Waals surface area contributed by atoms with Crippen LogP contribution in [0.1, 0.15) is 18.1 Å². The van der Waals surface area contributed by atoms with E-state index >= 15 is 0 Å². The van der Waals surface area contributed by atoms with Gasteiger partial charge in [-0.25, -0.2) is 4.79 Å². The Balaban J connectivity index is 2.98. The van der Waals surface area contributed by atoms with Crippen molar-refractivity contribution in [1.29, 1.82) is 0 Å². The summed E-state index contributed by atoms with van der Waals surface area (Å²) in [4.78, 5) is 10.6. The average Bonchev–Trinajstić information content (AvgIpc) is 2.15. The minimum absolute atomic E-state index is 0.118. The van der Waals surface area contributed by atoms with Crippen molar-refractivity contribution < 1.29 is 28.2 Å². The zero-order valence-electron chi connectivity index (χ0n) is 8.95. The van der Waals surface area contributed by atoms with Crippen molar-refractivity contribution in [2.75, 3.05) is 0 Å². The lowest BCUT2D eigenvalue weighted by molar-refractivity contribution is -0.156. The lowest BCUT2D eigenvalue weighted by Gasteiger charge is -2.18. The summed E-state index contributed by atoms with van der Waals surface area (Å²) in [6, 6.07) is 4.24. The lowest BCUT2D eigenvalue weighted by Crippen LogP contribution is -2.37. The number of aliphatic hydroxyl groups is 1. The summed E-state index contributed by atoms with van der Waals surface area (Å²) in [5.41, 5.74) is -2.83. The van der Waals surface area contributed by atoms with E-state index in [0.717, 1.165) is 19.1 Å². The highest BCUT2D eigenvalue weighted by atomic mass is 19.4. The predicted molar refractivity (Wildman–Crippen MR) is 53.4 cm³/mol. The number of halogens is 3. The molecule has 3 nitrogen and oxygen atoms in total. The number of benzene rings is 1. The zero-order chi connectivity index (χ0) is 13.3. The molecule has 0 aliphatic heterocycles. The zero-order valence-corrected chi connectivity index (χ0v) is 8.95. The first kappa shape index (κ1) is 13.5. The fourth-order valence-electron chi connectivity index (χ4n) is 1.33. The van der Waals surface area contributed by atoms with E-state index in [-0.39, 0.29) is 12.0 Å². The molecule has 1 rings (SSSR count). The molecule has 0 aliphatic carbocycles. The number of hydrogen-bond donors (Lipinski definition) is 2. The number of aliphatic carboxylic acids is 1. The fourth-order valence-corrected chi connectivity index (χ4v) is 1.33. The first-order chi connectivity index (χ1) is 7.63. The minimum atomic E-state index is -4.48. The van der Waals surface area contributed by atoms with Crippen molar-refractivity contribution >= 4 is 5.97 Å². The number of rotatable bonds is 3. The van der Waals surface area contributed by atoms with E-state index in [4.69, 9.17) is 5.11 Å². The third-order valence-electron chi connectivity index (χ3n) is 2.26. The molecular formula is C11H11F3O3. The summed E-state index contributed by atoms with van der Waals surface area (Å²) in [7, 11) is 0. The van der Waals surface area contributed by atoms with Gasteiger partial charge in [0.2, 0.25) is 0 Å². The second-order valence-corrected chi connectivity index (χ2v) is 3.95. The summed E-state index contributed by atoms with van der Waals surface area (Å²) in [5.74, 6) is -1.48. The van der Waals surface area contributed by atoms with Gasteiger partial charge in [0.25, 0.3) is 0 Å². The molecule has 1 atom stereocenters. The monoisotopic (exact) mass is 248 g/mol. The van der Waals surface area contributed by atoms with E-state index < -0.39 is 23.3 Å². The Morgan fingerprint density at radius 3 is 2.41 bits per heavy atom. The molecule has 2 N–H and O–H groups in total.